The Morgan fingerprint density at radius 3 is 2.69 bits per heavy atom. The summed E-state index contributed by atoms with van der Waals surface area (Å²) >= 11 is 0. The summed E-state index contributed by atoms with van der Waals surface area (Å²) in [6.45, 7) is 2.53. The van der Waals surface area contributed by atoms with E-state index in [1.807, 2.05) is 43.3 Å². The summed E-state index contributed by atoms with van der Waals surface area (Å²) in [4.78, 5) is 13.1. The zero-order chi connectivity index (χ0) is 11.8. The van der Waals surface area contributed by atoms with E-state index in [0.717, 1.165) is 5.56 Å². The minimum atomic E-state index is -0.132. The summed E-state index contributed by atoms with van der Waals surface area (Å²) in [6, 6.07) is 11.6. The predicted octanol–water partition coefficient (Wildman–Crippen LogP) is 2.07. The van der Waals surface area contributed by atoms with Gasteiger partial charge in [0.1, 0.15) is 6.54 Å². The highest BCUT2D eigenvalue weighted by molar-refractivity contribution is 5.91. The molecule has 0 aliphatic carbocycles. The molecule has 3 nitrogen and oxygen atoms in total. The number of carbonyl (C=O) groups excluding carboxylic acids is 1. The molecule has 1 aromatic rings. The quantitative estimate of drug-likeness (QED) is 0.569. The van der Waals surface area contributed by atoms with Gasteiger partial charge in [-0.25, -0.2) is 0 Å². The van der Waals surface area contributed by atoms with Gasteiger partial charge < -0.3 is 4.90 Å². The number of hydrogen-bond donors (Lipinski definition) is 0. The third-order valence-electron chi connectivity index (χ3n) is 2.17. The van der Waals surface area contributed by atoms with E-state index in [-0.39, 0.29) is 12.5 Å². The highest BCUT2D eigenvalue weighted by Gasteiger charge is 2.06. The molecule has 0 saturated heterocycles. The number of carbonyl (C=O) groups is 1. The van der Waals surface area contributed by atoms with Crippen molar-refractivity contribution in [2.24, 2.45) is 0 Å². The topological polar surface area (TPSA) is 44.1 Å². The first-order valence-electron chi connectivity index (χ1n) is 5.17. The molecule has 0 aromatic heterocycles. The van der Waals surface area contributed by atoms with Crippen molar-refractivity contribution >= 4 is 12.0 Å². The molecule has 16 heavy (non-hydrogen) atoms. The Balaban J connectivity index is 2.64. The SMILES string of the molecule is CCN(CC#N)C(=O)C=Cc1ccccc1. The van der Waals surface area contributed by atoms with Crippen LogP contribution in [0.4, 0.5) is 0 Å². The number of benzene rings is 1. The average molecular weight is 214 g/mol. The second kappa shape index (κ2) is 6.41. The van der Waals surface area contributed by atoms with E-state index >= 15 is 0 Å². The Bertz CT molecular complexity index is 404. The van der Waals surface area contributed by atoms with Crippen LogP contribution in [0.1, 0.15) is 12.5 Å². The Morgan fingerprint density at radius 1 is 1.44 bits per heavy atom. The van der Waals surface area contributed by atoms with Gasteiger partial charge in [0.2, 0.25) is 5.91 Å². The lowest BCUT2D eigenvalue weighted by atomic mass is 10.2. The van der Waals surface area contributed by atoms with Gasteiger partial charge in [-0.3, -0.25) is 4.79 Å². The molecule has 0 radical (unpaired) electrons. The fourth-order valence-corrected chi connectivity index (χ4v) is 1.27. The van der Waals surface area contributed by atoms with Crippen LogP contribution in [0.15, 0.2) is 36.4 Å². The van der Waals surface area contributed by atoms with E-state index in [9.17, 15) is 4.79 Å². The molecule has 0 aliphatic heterocycles. The minimum Gasteiger partial charge on any atom is -0.326 e. The molecular formula is C13H14N2O. The van der Waals surface area contributed by atoms with E-state index < -0.39 is 0 Å². The smallest absolute Gasteiger partial charge is 0.247 e. The molecule has 1 rings (SSSR count). The lowest BCUT2D eigenvalue weighted by molar-refractivity contribution is -0.125. The molecule has 82 valence electrons. The maximum atomic E-state index is 11.6. The summed E-state index contributed by atoms with van der Waals surface area (Å²) in [5, 5.41) is 8.53. The highest BCUT2D eigenvalue weighted by Crippen LogP contribution is 2.01. The summed E-state index contributed by atoms with van der Waals surface area (Å²) in [5.41, 5.74) is 0.976. The zero-order valence-corrected chi connectivity index (χ0v) is 9.26. The second-order valence-corrected chi connectivity index (χ2v) is 3.25. The molecule has 1 amide bonds. The van der Waals surface area contributed by atoms with Gasteiger partial charge in [-0.05, 0) is 18.6 Å². The Labute approximate surface area is 95.6 Å². The van der Waals surface area contributed by atoms with E-state index in [2.05, 4.69) is 0 Å². The van der Waals surface area contributed by atoms with Crippen LogP contribution in [-0.4, -0.2) is 23.9 Å². The molecule has 0 bridgehead atoms. The molecule has 0 N–H and O–H groups in total. The zero-order valence-electron chi connectivity index (χ0n) is 9.26. The first-order chi connectivity index (χ1) is 7.77. The molecule has 0 unspecified atom stereocenters. The van der Waals surface area contributed by atoms with Crippen molar-refractivity contribution in [1.82, 2.24) is 4.90 Å². The van der Waals surface area contributed by atoms with Crippen molar-refractivity contribution in [2.45, 2.75) is 6.92 Å². The van der Waals surface area contributed by atoms with Crippen molar-refractivity contribution < 1.29 is 4.79 Å². The van der Waals surface area contributed by atoms with Crippen LogP contribution in [-0.2, 0) is 4.79 Å². The van der Waals surface area contributed by atoms with Gasteiger partial charge in [-0.15, -0.1) is 0 Å². The summed E-state index contributed by atoms with van der Waals surface area (Å²) < 4.78 is 0. The van der Waals surface area contributed by atoms with Gasteiger partial charge in [-0.1, -0.05) is 30.3 Å². The van der Waals surface area contributed by atoms with Crippen LogP contribution in [0.2, 0.25) is 0 Å². The van der Waals surface area contributed by atoms with Gasteiger partial charge in [0, 0.05) is 12.6 Å². The Kier molecular flexibility index (Phi) is 4.81. The minimum absolute atomic E-state index is 0.132. The van der Waals surface area contributed by atoms with Crippen molar-refractivity contribution in [3.8, 4) is 6.07 Å². The van der Waals surface area contributed by atoms with Crippen LogP contribution in [0.25, 0.3) is 6.08 Å². The van der Waals surface area contributed by atoms with Gasteiger partial charge >= 0.3 is 0 Å². The number of hydrogen-bond acceptors (Lipinski definition) is 2. The second-order valence-electron chi connectivity index (χ2n) is 3.25. The van der Waals surface area contributed by atoms with Crippen molar-refractivity contribution in [2.75, 3.05) is 13.1 Å². The molecule has 0 fully saturated rings. The monoisotopic (exact) mass is 214 g/mol. The Hall–Kier alpha value is -2.08. The first-order valence-corrected chi connectivity index (χ1v) is 5.17. The van der Waals surface area contributed by atoms with E-state index in [1.165, 1.54) is 11.0 Å². The van der Waals surface area contributed by atoms with E-state index in [0.29, 0.717) is 6.54 Å². The van der Waals surface area contributed by atoms with Gasteiger partial charge in [0.05, 0.1) is 6.07 Å². The number of likely N-dealkylation sites (N-methyl/N-ethyl adjacent to an activating group) is 1. The lowest BCUT2D eigenvalue weighted by Gasteiger charge is -2.14. The fraction of sp³-hybridized carbons (Fsp3) is 0.231. The van der Waals surface area contributed by atoms with Crippen LogP contribution in [0.3, 0.4) is 0 Å². The van der Waals surface area contributed by atoms with Gasteiger partial charge in [-0.2, -0.15) is 5.26 Å². The number of nitriles is 1. The van der Waals surface area contributed by atoms with Crippen molar-refractivity contribution in [1.29, 1.82) is 5.26 Å². The van der Waals surface area contributed by atoms with Crippen molar-refractivity contribution in [3.63, 3.8) is 0 Å². The highest BCUT2D eigenvalue weighted by atomic mass is 16.2. The van der Waals surface area contributed by atoms with E-state index in [1.54, 1.807) is 6.08 Å². The summed E-state index contributed by atoms with van der Waals surface area (Å²) in [6.07, 6.45) is 3.25. The maximum Gasteiger partial charge on any atom is 0.247 e. The van der Waals surface area contributed by atoms with Crippen molar-refractivity contribution in [3.05, 3.63) is 42.0 Å². The predicted molar refractivity (Wildman–Crippen MR) is 63.3 cm³/mol. The molecule has 0 aliphatic rings. The first kappa shape index (κ1) is 12.0. The third-order valence-corrected chi connectivity index (χ3v) is 2.17. The normalized spacial score (nSPS) is 10.0. The molecular weight excluding hydrogens is 200 g/mol. The number of rotatable bonds is 4. The standard InChI is InChI=1S/C13H14N2O/c1-2-15(11-10-14)13(16)9-8-12-6-4-3-5-7-12/h3-9H,2,11H2,1H3. The number of amides is 1. The Morgan fingerprint density at radius 2 is 2.12 bits per heavy atom. The van der Waals surface area contributed by atoms with Gasteiger partial charge in [0.25, 0.3) is 0 Å². The van der Waals surface area contributed by atoms with Crippen LogP contribution in [0, 0.1) is 11.3 Å². The molecule has 0 spiro atoms. The molecule has 0 heterocycles. The molecule has 1 aromatic carbocycles. The van der Waals surface area contributed by atoms with E-state index in [4.69, 9.17) is 5.26 Å². The largest absolute Gasteiger partial charge is 0.326 e. The van der Waals surface area contributed by atoms with Gasteiger partial charge in [0.15, 0.2) is 0 Å². The summed E-state index contributed by atoms with van der Waals surface area (Å²) in [5.74, 6) is -0.132. The van der Waals surface area contributed by atoms with Crippen LogP contribution < -0.4 is 0 Å². The molecule has 3 heteroatoms. The third kappa shape index (κ3) is 3.58. The molecule has 0 saturated carbocycles. The lowest BCUT2D eigenvalue weighted by Crippen LogP contribution is -2.29. The average Bonchev–Trinajstić information content (AvgIpc) is 2.34. The molecule has 0 atom stereocenters. The van der Waals surface area contributed by atoms with Crippen LogP contribution in [0.5, 0.6) is 0 Å². The fourth-order valence-electron chi connectivity index (χ4n) is 1.27. The number of nitrogens with zero attached hydrogens (tertiary/aromatic N) is 2. The van der Waals surface area contributed by atoms with Crippen LogP contribution >= 0.6 is 0 Å². The summed E-state index contributed by atoms with van der Waals surface area (Å²) in [7, 11) is 0. The maximum absolute atomic E-state index is 11.6.